The van der Waals surface area contributed by atoms with E-state index in [4.69, 9.17) is 9.97 Å². The van der Waals surface area contributed by atoms with Gasteiger partial charge in [0.2, 0.25) is 5.95 Å². The van der Waals surface area contributed by atoms with Crippen molar-refractivity contribution in [2.24, 2.45) is 11.8 Å². The average molecular weight is 493 g/mol. The second-order valence-electron chi connectivity index (χ2n) is 10.4. The number of nitrogens with one attached hydrogen (secondary N) is 1. The number of Topliss-reactive ketones (excluding diaryl/α,β-unsaturated/α-hetero) is 1. The third-order valence-corrected chi connectivity index (χ3v) is 6.37. The topological polar surface area (TPSA) is 66.3 Å². The average Bonchev–Trinajstić information content (AvgIpc) is 3.17. The third kappa shape index (κ3) is 7.29. The normalized spacial score (nSPS) is 11.7. The molecular formula is C29H44N6O. The number of hydrogen-bond acceptors (Lipinski definition) is 6. The van der Waals surface area contributed by atoms with Crippen LogP contribution in [0, 0.1) is 11.8 Å². The number of ketones is 1. The van der Waals surface area contributed by atoms with Crippen molar-refractivity contribution in [1.29, 1.82) is 0 Å². The summed E-state index contributed by atoms with van der Waals surface area (Å²) in [4.78, 5) is 26.6. The standard InChI is InChI=1S/C29H44N6O/c1-8-33(9-2)17-10-18-35-28-26(15-16-27(32-28)34(19-21(3)4)20-22(5)6)31-29(35)30-25-13-11-24(12-14-25)23(7)36/h11-16,21-22H,8-10,17-20H2,1-7H3,(H,30,31). The number of imidazole rings is 1. The number of nitrogens with zero attached hydrogens (tertiary/aromatic N) is 5. The number of aryl methyl sites for hydroxylation is 1. The minimum Gasteiger partial charge on any atom is -0.356 e. The molecule has 1 N–H and O–H groups in total. The van der Waals surface area contributed by atoms with Crippen LogP contribution >= 0.6 is 0 Å². The van der Waals surface area contributed by atoms with Gasteiger partial charge in [0.25, 0.3) is 0 Å². The summed E-state index contributed by atoms with van der Waals surface area (Å²) in [6.45, 7) is 20.9. The number of carbonyl (C=O) groups excluding carboxylic acids is 1. The maximum absolute atomic E-state index is 11.7. The van der Waals surface area contributed by atoms with E-state index in [0.29, 0.717) is 17.4 Å². The first-order chi connectivity index (χ1) is 17.2. The lowest BCUT2D eigenvalue weighted by Gasteiger charge is -2.27. The van der Waals surface area contributed by atoms with Gasteiger partial charge in [-0.2, -0.15) is 0 Å². The maximum atomic E-state index is 11.7. The highest BCUT2D eigenvalue weighted by molar-refractivity contribution is 5.94. The van der Waals surface area contributed by atoms with E-state index in [1.54, 1.807) is 6.92 Å². The van der Waals surface area contributed by atoms with E-state index in [9.17, 15) is 4.79 Å². The zero-order chi connectivity index (χ0) is 26.2. The van der Waals surface area contributed by atoms with Gasteiger partial charge in [0, 0.05) is 30.9 Å². The van der Waals surface area contributed by atoms with Gasteiger partial charge in [-0.05, 0) is 81.2 Å². The first-order valence-electron chi connectivity index (χ1n) is 13.4. The van der Waals surface area contributed by atoms with E-state index < -0.39 is 0 Å². The predicted molar refractivity (Wildman–Crippen MR) is 152 cm³/mol. The summed E-state index contributed by atoms with van der Waals surface area (Å²) in [7, 11) is 0. The van der Waals surface area contributed by atoms with E-state index >= 15 is 0 Å². The van der Waals surface area contributed by atoms with Crippen molar-refractivity contribution < 1.29 is 4.79 Å². The van der Waals surface area contributed by atoms with Crippen molar-refractivity contribution in [2.75, 3.05) is 42.9 Å². The Labute approximate surface area is 216 Å². The molecular weight excluding hydrogens is 448 g/mol. The molecule has 0 bridgehead atoms. The van der Waals surface area contributed by atoms with E-state index in [2.05, 4.69) is 73.4 Å². The summed E-state index contributed by atoms with van der Waals surface area (Å²) in [5.41, 5.74) is 3.41. The predicted octanol–water partition coefficient (Wildman–Crippen LogP) is 6.23. The Balaban J connectivity index is 1.97. The molecule has 0 unspecified atom stereocenters. The van der Waals surface area contributed by atoms with Gasteiger partial charge in [-0.3, -0.25) is 9.36 Å². The highest BCUT2D eigenvalue weighted by Gasteiger charge is 2.17. The van der Waals surface area contributed by atoms with Crippen molar-refractivity contribution in [1.82, 2.24) is 19.4 Å². The van der Waals surface area contributed by atoms with E-state index in [1.165, 1.54) is 0 Å². The number of aromatic nitrogens is 3. The fourth-order valence-corrected chi connectivity index (χ4v) is 4.53. The van der Waals surface area contributed by atoms with Crippen molar-refractivity contribution in [3.05, 3.63) is 42.0 Å². The summed E-state index contributed by atoms with van der Waals surface area (Å²) in [5, 5.41) is 3.48. The molecule has 2 aromatic heterocycles. The van der Waals surface area contributed by atoms with Crippen LogP contribution in [0.2, 0.25) is 0 Å². The third-order valence-electron chi connectivity index (χ3n) is 6.37. The van der Waals surface area contributed by atoms with Gasteiger partial charge in [-0.25, -0.2) is 9.97 Å². The Morgan fingerprint density at radius 2 is 1.58 bits per heavy atom. The van der Waals surface area contributed by atoms with Gasteiger partial charge >= 0.3 is 0 Å². The van der Waals surface area contributed by atoms with Crippen LogP contribution in [-0.4, -0.2) is 57.9 Å². The molecule has 196 valence electrons. The van der Waals surface area contributed by atoms with Crippen molar-refractivity contribution in [3.63, 3.8) is 0 Å². The summed E-state index contributed by atoms with van der Waals surface area (Å²) in [6, 6.07) is 11.8. The van der Waals surface area contributed by atoms with Crippen molar-refractivity contribution in [2.45, 2.75) is 61.4 Å². The minimum absolute atomic E-state index is 0.0641. The van der Waals surface area contributed by atoms with Crippen LogP contribution in [0.25, 0.3) is 11.2 Å². The highest BCUT2D eigenvalue weighted by Crippen LogP contribution is 2.26. The van der Waals surface area contributed by atoms with Crippen molar-refractivity contribution >= 4 is 34.4 Å². The molecule has 0 saturated carbocycles. The lowest BCUT2D eigenvalue weighted by molar-refractivity contribution is 0.101. The molecule has 3 aromatic rings. The zero-order valence-corrected chi connectivity index (χ0v) is 23.2. The van der Waals surface area contributed by atoms with Gasteiger partial charge in [0.15, 0.2) is 11.4 Å². The van der Waals surface area contributed by atoms with Crippen molar-refractivity contribution in [3.8, 4) is 0 Å². The van der Waals surface area contributed by atoms with Crippen LogP contribution < -0.4 is 10.2 Å². The van der Waals surface area contributed by atoms with E-state index in [-0.39, 0.29) is 5.78 Å². The lowest BCUT2D eigenvalue weighted by atomic mass is 10.1. The summed E-state index contributed by atoms with van der Waals surface area (Å²) in [5.74, 6) is 2.95. The fourth-order valence-electron chi connectivity index (χ4n) is 4.53. The quantitative estimate of drug-likeness (QED) is 0.269. The van der Waals surface area contributed by atoms with Crippen LogP contribution in [-0.2, 0) is 6.54 Å². The molecule has 1 aromatic carbocycles. The Hall–Kier alpha value is -2.93. The molecule has 0 saturated heterocycles. The number of anilines is 3. The first-order valence-corrected chi connectivity index (χ1v) is 13.4. The number of benzene rings is 1. The molecule has 0 amide bonds. The fraction of sp³-hybridized carbons (Fsp3) is 0.552. The molecule has 0 fully saturated rings. The molecule has 0 atom stereocenters. The number of hydrogen-bond donors (Lipinski definition) is 1. The summed E-state index contributed by atoms with van der Waals surface area (Å²) in [6.07, 6.45) is 1.01. The van der Waals surface area contributed by atoms with Crippen LogP contribution in [0.15, 0.2) is 36.4 Å². The van der Waals surface area contributed by atoms with Crippen LogP contribution in [0.5, 0.6) is 0 Å². The monoisotopic (exact) mass is 492 g/mol. The molecule has 2 heterocycles. The minimum atomic E-state index is 0.0641. The van der Waals surface area contributed by atoms with Gasteiger partial charge in [-0.1, -0.05) is 41.5 Å². The van der Waals surface area contributed by atoms with Crippen LogP contribution in [0.1, 0.15) is 65.2 Å². The number of pyridine rings is 1. The molecule has 0 spiro atoms. The number of fused-ring (bicyclic) bond motifs is 1. The maximum Gasteiger partial charge on any atom is 0.209 e. The first kappa shape index (κ1) is 27.7. The van der Waals surface area contributed by atoms with E-state index in [0.717, 1.165) is 74.3 Å². The molecule has 3 rings (SSSR count). The molecule has 0 aliphatic rings. The number of carbonyl (C=O) groups is 1. The van der Waals surface area contributed by atoms with Gasteiger partial charge in [0.1, 0.15) is 11.3 Å². The molecule has 36 heavy (non-hydrogen) atoms. The van der Waals surface area contributed by atoms with E-state index in [1.807, 2.05) is 24.3 Å². The molecule has 0 aliphatic carbocycles. The Morgan fingerprint density at radius 3 is 2.14 bits per heavy atom. The van der Waals surface area contributed by atoms with Gasteiger partial charge in [0.05, 0.1) is 0 Å². The van der Waals surface area contributed by atoms with Crippen LogP contribution in [0.4, 0.5) is 17.5 Å². The SMILES string of the molecule is CCN(CC)CCCn1c(Nc2ccc(C(C)=O)cc2)nc2ccc(N(CC(C)C)CC(C)C)nc21. The molecule has 7 nitrogen and oxygen atoms in total. The molecule has 0 aliphatic heterocycles. The largest absolute Gasteiger partial charge is 0.356 e. The Bertz CT molecular complexity index is 1100. The smallest absolute Gasteiger partial charge is 0.209 e. The second-order valence-corrected chi connectivity index (χ2v) is 10.4. The Kier molecular flexibility index (Phi) is 9.88. The van der Waals surface area contributed by atoms with Gasteiger partial charge in [-0.15, -0.1) is 0 Å². The molecule has 0 radical (unpaired) electrons. The highest BCUT2D eigenvalue weighted by atomic mass is 16.1. The van der Waals surface area contributed by atoms with Gasteiger partial charge < -0.3 is 15.1 Å². The summed E-state index contributed by atoms with van der Waals surface area (Å²) < 4.78 is 2.21. The lowest BCUT2D eigenvalue weighted by Crippen LogP contribution is -2.32. The van der Waals surface area contributed by atoms with Crippen LogP contribution in [0.3, 0.4) is 0 Å². The summed E-state index contributed by atoms with van der Waals surface area (Å²) >= 11 is 0. The molecule has 7 heteroatoms. The number of rotatable bonds is 14. The Morgan fingerprint density at radius 1 is 0.944 bits per heavy atom. The zero-order valence-electron chi connectivity index (χ0n) is 23.2. The second kappa shape index (κ2) is 12.9.